The summed E-state index contributed by atoms with van der Waals surface area (Å²) in [6.45, 7) is 13.4. The molecule has 3 aromatic carbocycles. The van der Waals surface area contributed by atoms with E-state index < -0.39 is 0 Å². The van der Waals surface area contributed by atoms with E-state index in [1.165, 1.54) is 11.1 Å². The number of benzene rings is 3. The van der Waals surface area contributed by atoms with Gasteiger partial charge >= 0.3 is 0 Å². The van der Waals surface area contributed by atoms with Crippen LogP contribution in [0.25, 0.3) is 44.6 Å². The van der Waals surface area contributed by atoms with Crippen LogP contribution in [-0.4, -0.2) is 0 Å². The molecule has 0 bridgehead atoms. The average Bonchev–Trinajstić information content (AvgIpc) is 3.34. The fourth-order valence-corrected chi connectivity index (χ4v) is 4.13. The van der Waals surface area contributed by atoms with Crippen molar-refractivity contribution in [3.63, 3.8) is 0 Å². The minimum Gasteiger partial charge on any atom is -0.456 e. The molecule has 2 nitrogen and oxygen atoms in total. The van der Waals surface area contributed by atoms with Crippen LogP contribution in [0.3, 0.4) is 0 Å². The van der Waals surface area contributed by atoms with Crippen LogP contribution in [-0.2, 0) is 10.8 Å². The predicted octanol–water partition coefficient (Wildman–Crippen LogP) is 9.11. The van der Waals surface area contributed by atoms with Gasteiger partial charge in [-0.15, -0.1) is 0 Å². The molecule has 162 valence electrons. The SMILES string of the molecule is CC(C)(C)c1ccc(-c2cc3cc4cc(-c5ccc(C(C)(C)C)cc5)oc4cc3o2)cc1. The first-order valence-electron chi connectivity index (χ1n) is 11.3. The Labute approximate surface area is 189 Å². The summed E-state index contributed by atoms with van der Waals surface area (Å²) < 4.78 is 12.4. The molecule has 0 saturated heterocycles. The van der Waals surface area contributed by atoms with E-state index in [-0.39, 0.29) is 10.8 Å². The maximum atomic E-state index is 6.20. The quantitative estimate of drug-likeness (QED) is 0.283. The van der Waals surface area contributed by atoms with Crippen molar-refractivity contribution in [2.45, 2.75) is 52.4 Å². The van der Waals surface area contributed by atoms with Crippen LogP contribution < -0.4 is 0 Å². The Kier molecular flexibility index (Phi) is 4.60. The van der Waals surface area contributed by atoms with Crippen LogP contribution in [0.2, 0.25) is 0 Å². The number of rotatable bonds is 2. The summed E-state index contributed by atoms with van der Waals surface area (Å²) >= 11 is 0. The van der Waals surface area contributed by atoms with Gasteiger partial charge in [0.25, 0.3) is 0 Å². The van der Waals surface area contributed by atoms with Crippen molar-refractivity contribution in [1.29, 1.82) is 0 Å². The highest BCUT2D eigenvalue weighted by atomic mass is 16.3. The predicted molar refractivity (Wildman–Crippen MR) is 134 cm³/mol. The van der Waals surface area contributed by atoms with E-state index in [0.29, 0.717) is 0 Å². The van der Waals surface area contributed by atoms with Crippen molar-refractivity contribution in [3.05, 3.63) is 83.9 Å². The largest absolute Gasteiger partial charge is 0.456 e. The van der Waals surface area contributed by atoms with Crippen molar-refractivity contribution in [3.8, 4) is 22.6 Å². The molecule has 5 rings (SSSR count). The summed E-state index contributed by atoms with van der Waals surface area (Å²) in [4.78, 5) is 0. The summed E-state index contributed by atoms with van der Waals surface area (Å²) in [7, 11) is 0. The summed E-state index contributed by atoms with van der Waals surface area (Å²) in [5.41, 5.74) is 6.78. The topological polar surface area (TPSA) is 26.3 Å². The second-order valence-electron chi connectivity index (χ2n) is 10.8. The third-order valence-electron chi connectivity index (χ3n) is 6.23. The Balaban J connectivity index is 1.48. The van der Waals surface area contributed by atoms with Crippen LogP contribution in [0.4, 0.5) is 0 Å². The Morgan fingerprint density at radius 3 is 1.19 bits per heavy atom. The van der Waals surface area contributed by atoms with Gasteiger partial charge in [0.15, 0.2) is 0 Å². The summed E-state index contributed by atoms with van der Waals surface area (Å²) in [6, 6.07) is 25.7. The van der Waals surface area contributed by atoms with Gasteiger partial charge in [0.05, 0.1) is 0 Å². The third-order valence-corrected chi connectivity index (χ3v) is 6.23. The first kappa shape index (κ1) is 20.6. The molecule has 2 aromatic heterocycles. The van der Waals surface area contributed by atoms with Crippen molar-refractivity contribution in [1.82, 2.24) is 0 Å². The van der Waals surface area contributed by atoms with E-state index in [1.807, 2.05) is 6.07 Å². The highest BCUT2D eigenvalue weighted by Crippen LogP contribution is 2.35. The van der Waals surface area contributed by atoms with Crippen LogP contribution in [0.15, 0.2) is 81.6 Å². The average molecular weight is 423 g/mol. The lowest BCUT2D eigenvalue weighted by Gasteiger charge is -2.18. The monoisotopic (exact) mass is 422 g/mol. The van der Waals surface area contributed by atoms with E-state index in [2.05, 4.69) is 108 Å². The highest BCUT2D eigenvalue weighted by molar-refractivity contribution is 5.96. The molecule has 0 aliphatic carbocycles. The maximum Gasteiger partial charge on any atom is 0.138 e. The molecule has 0 spiro atoms. The number of hydrogen-bond acceptors (Lipinski definition) is 2. The first-order valence-corrected chi connectivity index (χ1v) is 11.3. The normalized spacial score (nSPS) is 12.7. The van der Waals surface area contributed by atoms with Gasteiger partial charge in [0.1, 0.15) is 22.7 Å². The Bertz CT molecular complexity index is 1240. The van der Waals surface area contributed by atoms with Crippen LogP contribution in [0.1, 0.15) is 52.7 Å². The van der Waals surface area contributed by atoms with Gasteiger partial charge in [-0.25, -0.2) is 0 Å². The standard InChI is InChI=1S/C30H30O2/c1-29(2,3)23-11-7-19(8-12-23)25-16-21-15-22-17-26(32-28(22)18-27(21)31-25)20-9-13-24(14-10-20)30(4,5)6/h7-18H,1-6H3. The van der Waals surface area contributed by atoms with E-state index >= 15 is 0 Å². The maximum absolute atomic E-state index is 6.20. The zero-order valence-electron chi connectivity index (χ0n) is 19.7. The van der Waals surface area contributed by atoms with Gasteiger partial charge in [-0.2, -0.15) is 0 Å². The number of fused-ring (bicyclic) bond motifs is 2. The third kappa shape index (κ3) is 3.75. The molecule has 0 fully saturated rings. The van der Waals surface area contributed by atoms with Crippen LogP contribution in [0.5, 0.6) is 0 Å². The molecule has 0 amide bonds. The summed E-state index contributed by atoms with van der Waals surface area (Å²) in [6.07, 6.45) is 0. The Hall–Kier alpha value is -3.26. The van der Waals surface area contributed by atoms with Crippen molar-refractivity contribution < 1.29 is 8.83 Å². The lowest BCUT2D eigenvalue weighted by atomic mass is 9.86. The molecule has 32 heavy (non-hydrogen) atoms. The second-order valence-corrected chi connectivity index (χ2v) is 10.8. The van der Waals surface area contributed by atoms with Crippen molar-refractivity contribution in [2.24, 2.45) is 0 Å². The molecule has 0 atom stereocenters. The van der Waals surface area contributed by atoms with Gasteiger partial charge in [-0.3, -0.25) is 0 Å². The fourth-order valence-electron chi connectivity index (χ4n) is 4.13. The van der Waals surface area contributed by atoms with Crippen LogP contribution in [0, 0.1) is 0 Å². The summed E-state index contributed by atoms with van der Waals surface area (Å²) in [5, 5.41) is 2.17. The van der Waals surface area contributed by atoms with Gasteiger partial charge in [-0.1, -0.05) is 90.1 Å². The summed E-state index contributed by atoms with van der Waals surface area (Å²) in [5.74, 6) is 1.76. The number of hydrogen-bond donors (Lipinski definition) is 0. The zero-order valence-corrected chi connectivity index (χ0v) is 19.7. The molecule has 0 aliphatic rings. The van der Waals surface area contributed by atoms with Crippen LogP contribution >= 0.6 is 0 Å². The minimum absolute atomic E-state index is 0.141. The van der Waals surface area contributed by atoms with Gasteiger partial charge in [0.2, 0.25) is 0 Å². The van der Waals surface area contributed by atoms with E-state index in [0.717, 1.165) is 44.6 Å². The first-order chi connectivity index (χ1) is 15.1. The van der Waals surface area contributed by atoms with Gasteiger partial charge in [0, 0.05) is 28.0 Å². The molecule has 0 saturated carbocycles. The molecule has 0 radical (unpaired) electrons. The zero-order chi connectivity index (χ0) is 22.7. The molecule has 2 heteroatoms. The smallest absolute Gasteiger partial charge is 0.138 e. The van der Waals surface area contributed by atoms with E-state index in [9.17, 15) is 0 Å². The van der Waals surface area contributed by atoms with Gasteiger partial charge in [-0.05, 0) is 40.2 Å². The molecule has 0 N–H and O–H groups in total. The Morgan fingerprint density at radius 1 is 0.469 bits per heavy atom. The fraction of sp³-hybridized carbons (Fsp3) is 0.267. The molecule has 0 aliphatic heterocycles. The lowest BCUT2D eigenvalue weighted by Crippen LogP contribution is -2.10. The second kappa shape index (κ2) is 7.13. The van der Waals surface area contributed by atoms with E-state index in [4.69, 9.17) is 8.83 Å². The minimum atomic E-state index is 0.141. The molecule has 2 heterocycles. The molecule has 0 unspecified atom stereocenters. The van der Waals surface area contributed by atoms with Crippen molar-refractivity contribution in [2.75, 3.05) is 0 Å². The molecular formula is C30H30O2. The lowest BCUT2D eigenvalue weighted by molar-refractivity contribution is 0.589. The van der Waals surface area contributed by atoms with E-state index in [1.54, 1.807) is 0 Å². The van der Waals surface area contributed by atoms with Gasteiger partial charge < -0.3 is 8.83 Å². The Morgan fingerprint density at radius 2 is 0.844 bits per heavy atom. The van der Waals surface area contributed by atoms with Crippen molar-refractivity contribution >= 4 is 21.9 Å². The highest BCUT2D eigenvalue weighted by Gasteiger charge is 2.16. The molecular weight excluding hydrogens is 392 g/mol. The molecule has 5 aromatic rings. The number of furan rings is 2.